The molecule has 1 aromatic rings. The summed E-state index contributed by atoms with van der Waals surface area (Å²) in [7, 11) is 0. The Balaban J connectivity index is 1.47. The Kier molecular flexibility index (Phi) is 5.65. The second-order valence-electron chi connectivity index (χ2n) is 5.17. The summed E-state index contributed by atoms with van der Waals surface area (Å²) in [4.78, 5) is 0. The topological polar surface area (TPSA) is 47.3 Å². The van der Waals surface area contributed by atoms with Gasteiger partial charge in [-0.05, 0) is 30.7 Å². The normalized spacial score (nSPS) is 16.7. The fraction of sp³-hybridized carbons (Fsp3) is 0.600. The van der Waals surface area contributed by atoms with Gasteiger partial charge < -0.3 is 15.8 Å². The summed E-state index contributed by atoms with van der Waals surface area (Å²) in [6, 6.07) is 10.6. The van der Waals surface area contributed by atoms with Crippen molar-refractivity contribution in [3.63, 3.8) is 0 Å². The molecule has 0 radical (unpaired) electrons. The van der Waals surface area contributed by atoms with Crippen molar-refractivity contribution in [1.82, 2.24) is 5.32 Å². The number of ether oxygens (including phenoxy) is 1. The predicted molar refractivity (Wildman–Crippen MR) is 74.5 cm³/mol. The Hall–Kier alpha value is -0.900. The highest BCUT2D eigenvalue weighted by Crippen LogP contribution is 2.28. The average Bonchev–Trinajstić information content (AvgIpc) is 3.19. The van der Waals surface area contributed by atoms with Crippen LogP contribution in [-0.2, 0) is 11.2 Å². The second-order valence-corrected chi connectivity index (χ2v) is 5.17. The van der Waals surface area contributed by atoms with Crippen molar-refractivity contribution in [3.8, 4) is 0 Å². The van der Waals surface area contributed by atoms with Crippen molar-refractivity contribution in [3.05, 3.63) is 35.9 Å². The van der Waals surface area contributed by atoms with Crippen molar-refractivity contribution in [2.24, 2.45) is 11.7 Å². The molecule has 100 valence electrons. The highest BCUT2D eigenvalue weighted by atomic mass is 16.5. The van der Waals surface area contributed by atoms with Gasteiger partial charge >= 0.3 is 0 Å². The predicted octanol–water partition coefficient (Wildman–Crippen LogP) is 1.57. The minimum atomic E-state index is 0.177. The number of nitrogens with two attached hydrogens (primary N) is 1. The van der Waals surface area contributed by atoms with Gasteiger partial charge in [0.05, 0.1) is 6.61 Å². The molecule has 0 bridgehead atoms. The lowest BCUT2D eigenvalue weighted by atomic mass is 10.1. The first-order valence-corrected chi connectivity index (χ1v) is 6.92. The maximum atomic E-state index is 6.08. The van der Waals surface area contributed by atoms with Gasteiger partial charge in [-0.3, -0.25) is 0 Å². The fourth-order valence-electron chi connectivity index (χ4n) is 1.96. The van der Waals surface area contributed by atoms with E-state index >= 15 is 0 Å². The van der Waals surface area contributed by atoms with Gasteiger partial charge in [0.25, 0.3) is 0 Å². The molecular formula is C15H24N2O. The molecule has 0 amide bonds. The largest absolute Gasteiger partial charge is 0.380 e. The summed E-state index contributed by atoms with van der Waals surface area (Å²) in [5.74, 6) is 0.852. The van der Waals surface area contributed by atoms with Gasteiger partial charge in [0, 0.05) is 25.7 Å². The van der Waals surface area contributed by atoms with Gasteiger partial charge in [0.15, 0.2) is 0 Å². The fourth-order valence-corrected chi connectivity index (χ4v) is 1.96. The summed E-state index contributed by atoms with van der Waals surface area (Å²) in [6.45, 7) is 3.49. The van der Waals surface area contributed by atoms with Crippen LogP contribution in [0.3, 0.4) is 0 Å². The Morgan fingerprint density at radius 3 is 2.78 bits per heavy atom. The van der Waals surface area contributed by atoms with Crippen LogP contribution in [0.5, 0.6) is 0 Å². The van der Waals surface area contributed by atoms with Gasteiger partial charge in [-0.25, -0.2) is 0 Å². The lowest BCUT2D eigenvalue weighted by molar-refractivity contribution is 0.126. The smallest absolute Gasteiger partial charge is 0.0591 e. The van der Waals surface area contributed by atoms with Crippen LogP contribution in [0.2, 0.25) is 0 Å². The standard InChI is InChI=1S/C15H24N2O/c16-15(10-13-4-2-1-3-5-13)11-17-8-9-18-12-14-6-7-14/h1-5,14-15,17H,6-12,16H2. The lowest BCUT2D eigenvalue weighted by Gasteiger charge is -2.13. The SMILES string of the molecule is NC(CNCCOCC1CC1)Cc1ccccc1. The maximum Gasteiger partial charge on any atom is 0.0591 e. The minimum absolute atomic E-state index is 0.177. The molecule has 0 saturated heterocycles. The lowest BCUT2D eigenvalue weighted by Crippen LogP contribution is -2.37. The third-order valence-corrected chi connectivity index (χ3v) is 3.22. The van der Waals surface area contributed by atoms with Gasteiger partial charge in [-0.1, -0.05) is 30.3 Å². The molecule has 0 heterocycles. The quantitative estimate of drug-likeness (QED) is 0.652. The molecule has 3 heteroatoms. The van der Waals surface area contributed by atoms with Crippen molar-refractivity contribution in [2.45, 2.75) is 25.3 Å². The third kappa shape index (κ3) is 5.63. The summed E-state index contributed by atoms with van der Waals surface area (Å²) >= 11 is 0. The zero-order chi connectivity index (χ0) is 12.6. The average molecular weight is 248 g/mol. The maximum absolute atomic E-state index is 6.08. The van der Waals surface area contributed by atoms with Crippen LogP contribution >= 0.6 is 0 Å². The molecule has 3 N–H and O–H groups in total. The Morgan fingerprint density at radius 1 is 1.28 bits per heavy atom. The van der Waals surface area contributed by atoms with E-state index in [1.54, 1.807) is 0 Å². The molecule has 1 aromatic carbocycles. The monoisotopic (exact) mass is 248 g/mol. The first-order valence-electron chi connectivity index (χ1n) is 6.92. The van der Waals surface area contributed by atoms with E-state index in [9.17, 15) is 0 Å². The van der Waals surface area contributed by atoms with Crippen LogP contribution in [0.25, 0.3) is 0 Å². The number of nitrogens with one attached hydrogen (secondary N) is 1. The zero-order valence-corrected chi connectivity index (χ0v) is 11.0. The van der Waals surface area contributed by atoms with E-state index in [1.807, 2.05) is 6.07 Å². The van der Waals surface area contributed by atoms with E-state index < -0.39 is 0 Å². The molecule has 1 saturated carbocycles. The van der Waals surface area contributed by atoms with Crippen molar-refractivity contribution in [1.29, 1.82) is 0 Å². The molecule has 1 atom stereocenters. The number of hydrogen-bond donors (Lipinski definition) is 2. The van der Waals surface area contributed by atoms with Gasteiger partial charge in [0.1, 0.15) is 0 Å². The molecule has 2 rings (SSSR count). The molecule has 1 unspecified atom stereocenters. The van der Waals surface area contributed by atoms with Crippen LogP contribution in [0.1, 0.15) is 18.4 Å². The molecule has 0 aromatic heterocycles. The number of hydrogen-bond acceptors (Lipinski definition) is 3. The van der Waals surface area contributed by atoms with Crippen LogP contribution < -0.4 is 11.1 Å². The highest BCUT2D eigenvalue weighted by molar-refractivity contribution is 5.15. The highest BCUT2D eigenvalue weighted by Gasteiger charge is 2.20. The first kappa shape index (κ1) is 13.5. The Bertz CT molecular complexity index is 325. The molecule has 1 aliphatic rings. The molecule has 1 aliphatic carbocycles. The number of benzene rings is 1. The van der Waals surface area contributed by atoms with Crippen LogP contribution in [0.4, 0.5) is 0 Å². The van der Waals surface area contributed by atoms with E-state index in [4.69, 9.17) is 10.5 Å². The molecule has 18 heavy (non-hydrogen) atoms. The van der Waals surface area contributed by atoms with E-state index in [1.165, 1.54) is 18.4 Å². The van der Waals surface area contributed by atoms with Gasteiger partial charge in [-0.2, -0.15) is 0 Å². The molecule has 0 aliphatic heterocycles. The van der Waals surface area contributed by atoms with E-state index in [0.29, 0.717) is 0 Å². The van der Waals surface area contributed by atoms with Crippen molar-refractivity contribution in [2.75, 3.05) is 26.3 Å². The Labute approximate surface area is 110 Å². The summed E-state index contributed by atoms with van der Waals surface area (Å²) < 4.78 is 5.55. The van der Waals surface area contributed by atoms with E-state index in [0.717, 1.165) is 38.6 Å². The number of rotatable bonds is 9. The van der Waals surface area contributed by atoms with Crippen molar-refractivity contribution >= 4 is 0 Å². The summed E-state index contributed by atoms with van der Waals surface area (Å²) in [5.41, 5.74) is 7.38. The first-order chi connectivity index (χ1) is 8.84. The summed E-state index contributed by atoms with van der Waals surface area (Å²) in [6.07, 6.45) is 3.64. The van der Waals surface area contributed by atoms with Gasteiger partial charge in [-0.15, -0.1) is 0 Å². The minimum Gasteiger partial charge on any atom is -0.380 e. The van der Waals surface area contributed by atoms with E-state index in [-0.39, 0.29) is 6.04 Å². The van der Waals surface area contributed by atoms with E-state index in [2.05, 4.69) is 29.6 Å². The van der Waals surface area contributed by atoms with Gasteiger partial charge in [0.2, 0.25) is 0 Å². The second kappa shape index (κ2) is 7.52. The van der Waals surface area contributed by atoms with Crippen molar-refractivity contribution < 1.29 is 4.74 Å². The van der Waals surface area contributed by atoms with Crippen LogP contribution in [0, 0.1) is 5.92 Å². The molecule has 0 spiro atoms. The third-order valence-electron chi connectivity index (χ3n) is 3.22. The zero-order valence-electron chi connectivity index (χ0n) is 11.0. The van der Waals surface area contributed by atoms with Crippen LogP contribution in [0.15, 0.2) is 30.3 Å². The molecule has 3 nitrogen and oxygen atoms in total. The molecular weight excluding hydrogens is 224 g/mol. The van der Waals surface area contributed by atoms with Crippen LogP contribution in [-0.4, -0.2) is 32.3 Å². The summed E-state index contributed by atoms with van der Waals surface area (Å²) in [5, 5.41) is 3.35. The molecule has 1 fully saturated rings. The Morgan fingerprint density at radius 2 is 2.06 bits per heavy atom.